The fourth-order valence-electron chi connectivity index (χ4n) is 2.42. The molecule has 1 fully saturated rings. The van der Waals surface area contributed by atoms with Gasteiger partial charge in [-0.15, -0.1) is 0 Å². The maximum atomic E-state index is 11.7. The number of aromatic nitrogens is 2. The van der Waals surface area contributed by atoms with Crippen LogP contribution in [0.5, 0.6) is 0 Å². The van der Waals surface area contributed by atoms with Crippen LogP contribution in [0, 0.1) is 11.8 Å². The Bertz CT molecular complexity index is 438. The van der Waals surface area contributed by atoms with E-state index in [9.17, 15) is 4.79 Å². The molecule has 0 aliphatic heterocycles. The topological polar surface area (TPSA) is 65.2 Å². The average molecular weight is 266 g/mol. The summed E-state index contributed by atoms with van der Waals surface area (Å²) in [6, 6.07) is 0. The Hall–Kier alpha value is -1.23. The highest BCUT2D eigenvalue weighted by Crippen LogP contribution is 2.42. The predicted molar refractivity (Wildman–Crippen MR) is 69.6 cm³/mol. The van der Waals surface area contributed by atoms with Crippen LogP contribution in [0.1, 0.15) is 64.3 Å². The predicted octanol–water partition coefficient (Wildman–Crippen LogP) is 2.89. The molecule has 0 radical (unpaired) electrons. The third-order valence-corrected chi connectivity index (χ3v) is 3.48. The maximum absolute atomic E-state index is 11.7. The van der Waals surface area contributed by atoms with Crippen LogP contribution in [0.2, 0.25) is 0 Å². The second-order valence-corrected chi connectivity index (χ2v) is 5.54. The minimum absolute atomic E-state index is 0.0598. The summed E-state index contributed by atoms with van der Waals surface area (Å²) in [5.41, 5.74) is 0. The van der Waals surface area contributed by atoms with Gasteiger partial charge in [-0.05, 0) is 38.5 Å². The van der Waals surface area contributed by atoms with Gasteiger partial charge in [-0.2, -0.15) is 4.98 Å². The van der Waals surface area contributed by atoms with E-state index in [1.165, 1.54) is 0 Å². The Morgan fingerprint density at radius 2 is 2.16 bits per heavy atom. The molecule has 1 saturated carbocycles. The second-order valence-electron chi connectivity index (χ2n) is 5.54. The van der Waals surface area contributed by atoms with Crippen molar-refractivity contribution >= 4 is 5.78 Å². The molecule has 2 atom stereocenters. The lowest BCUT2D eigenvalue weighted by Gasteiger charge is -2.13. The molecular formula is C14H22N2O3. The van der Waals surface area contributed by atoms with Gasteiger partial charge in [0, 0.05) is 6.61 Å². The molecule has 5 heteroatoms. The first kappa shape index (κ1) is 14.2. The largest absolute Gasteiger partial charge is 0.370 e. The van der Waals surface area contributed by atoms with Crippen molar-refractivity contribution in [3.63, 3.8) is 0 Å². The molecule has 19 heavy (non-hydrogen) atoms. The first-order chi connectivity index (χ1) is 9.04. The zero-order chi connectivity index (χ0) is 14.0. The minimum Gasteiger partial charge on any atom is -0.370 e. The Labute approximate surface area is 113 Å². The van der Waals surface area contributed by atoms with Crippen molar-refractivity contribution < 1.29 is 14.1 Å². The number of carbonyl (C=O) groups is 1. The Morgan fingerprint density at radius 1 is 1.47 bits per heavy atom. The Morgan fingerprint density at radius 3 is 2.63 bits per heavy atom. The summed E-state index contributed by atoms with van der Waals surface area (Å²) in [7, 11) is 0. The van der Waals surface area contributed by atoms with E-state index in [4.69, 9.17) is 9.26 Å². The number of carbonyl (C=O) groups excluding carboxylic acids is 1. The Balaban J connectivity index is 2.18. The zero-order valence-corrected chi connectivity index (χ0v) is 12.0. The molecule has 0 spiro atoms. The van der Waals surface area contributed by atoms with Gasteiger partial charge in [0.25, 0.3) is 0 Å². The average Bonchev–Trinajstić information content (AvgIpc) is 3.05. The molecule has 0 amide bonds. The third-order valence-electron chi connectivity index (χ3n) is 3.48. The van der Waals surface area contributed by atoms with Crippen LogP contribution in [-0.4, -0.2) is 22.5 Å². The lowest BCUT2D eigenvalue weighted by Crippen LogP contribution is -2.16. The van der Waals surface area contributed by atoms with E-state index >= 15 is 0 Å². The van der Waals surface area contributed by atoms with Gasteiger partial charge in [-0.25, -0.2) is 0 Å². The highest BCUT2D eigenvalue weighted by atomic mass is 16.5. The van der Waals surface area contributed by atoms with E-state index in [1.807, 2.05) is 20.8 Å². The molecule has 1 aliphatic rings. The molecular weight excluding hydrogens is 244 g/mol. The van der Waals surface area contributed by atoms with Gasteiger partial charge in [0.2, 0.25) is 11.7 Å². The summed E-state index contributed by atoms with van der Waals surface area (Å²) in [5, 5.41) is 4.02. The van der Waals surface area contributed by atoms with E-state index in [-0.39, 0.29) is 23.7 Å². The van der Waals surface area contributed by atoms with Gasteiger partial charge in [-0.1, -0.05) is 19.0 Å². The number of ether oxygens (including phenoxy) is 1. The van der Waals surface area contributed by atoms with Gasteiger partial charge < -0.3 is 9.26 Å². The maximum Gasteiger partial charge on any atom is 0.237 e. The van der Waals surface area contributed by atoms with Crippen LogP contribution in [-0.2, 0) is 9.53 Å². The minimum atomic E-state index is -0.317. The molecule has 1 heterocycles. The van der Waals surface area contributed by atoms with Crippen molar-refractivity contribution in [3.8, 4) is 0 Å². The number of rotatable bonds is 7. The molecule has 2 rings (SSSR count). The molecule has 0 saturated heterocycles. The molecule has 0 aromatic carbocycles. The van der Waals surface area contributed by atoms with Crippen LogP contribution in [0.3, 0.4) is 0 Å². The summed E-state index contributed by atoms with van der Waals surface area (Å²) in [6.07, 6.45) is 2.21. The lowest BCUT2D eigenvalue weighted by molar-refractivity contribution is -0.119. The number of ketones is 1. The van der Waals surface area contributed by atoms with Crippen LogP contribution < -0.4 is 0 Å². The van der Waals surface area contributed by atoms with Crippen molar-refractivity contribution in [2.45, 2.75) is 52.6 Å². The number of hydrogen-bond donors (Lipinski definition) is 0. The van der Waals surface area contributed by atoms with Gasteiger partial charge >= 0.3 is 0 Å². The molecule has 1 aliphatic carbocycles. The van der Waals surface area contributed by atoms with E-state index < -0.39 is 0 Å². The molecule has 106 valence electrons. The fraction of sp³-hybridized carbons (Fsp3) is 0.786. The van der Waals surface area contributed by atoms with Crippen molar-refractivity contribution in [1.82, 2.24) is 10.1 Å². The summed E-state index contributed by atoms with van der Waals surface area (Å²) in [5.74, 6) is 1.40. The summed E-state index contributed by atoms with van der Waals surface area (Å²) < 4.78 is 11.0. The molecule has 1 aromatic rings. The van der Waals surface area contributed by atoms with Crippen molar-refractivity contribution in [1.29, 1.82) is 0 Å². The first-order valence-electron chi connectivity index (χ1n) is 7.00. The van der Waals surface area contributed by atoms with Crippen LogP contribution in [0.15, 0.2) is 4.52 Å². The molecule has 2 unspecified atom stereocenters. The van der Waals surface area contributed by atoms with E-state index in [0.29, 0.717) is 24.2 Å². The normalized spacial score (nSPS) is 18.6. The Kier molecular flexibility index (Phi) is 4.34. The van der Waals surface area contributed by atoms with E-state index in [2.05, 4.69) is 10.1 Å². The SMILES string of the molecule is CCOC(c1noc(C(C(C)=O)C(C)C)n1)C1CC1. The number of nitrogens with zero attached hydrogens (tertiary/aromatic N) is 2. The molecule has 0 N–H and O–H groups in total. The van der Waals surface area contributed by atoms with Crippen LogP contribution in [0.25, 0.3) is 0 Å². The summed E-state index contributed by atoms with van der Waals surface area (Å²) >= 11 is 0. The second kappa shape index (κ2) is 5.82. The van der Waals surface area contributed by atoms with Crippen LogP contribution >= 0.6 is 0 Å². The van der Waals surface area contributed by atoms with Gasteiger partial charge in [-0.3, -0.25) is 4.79 Å². The molecule has 0 bridgehead atoms. The van der Waals surface area contributed by atoms with E-state index in [0.717, 1.165) is 12.8 Å². The monoisotopic (exact) mass is 266 g/mol. The van der Waals surface area contributed by atoms with Gasteiger partial charge in [0.05, 0.1) is 5.92 Å². The van der Waals surface area contributed by atoms with Gasteiger partial charge in [0.1, 0.15) is 11.9 Å². The van der Waals surface area contributed by atoms with Crippen molar-refractivity contribution in [2.75, 3.05) is 6.61 Å². The molecule has 1 aromatic heterocycles. The van der Waals surface area contributed by atoms with Crippen molar-refractivity contribution in [2.24, 2.45) is 11.8 Å². The molecule has 5 nitrogen and oxygen atoms in total. The quantitative estimate of drug-likeness (QED) is 0.759. The van der Waals surface area contributed by atoms with Gasteiger partial charge in [0.15, 0.2) is 0 Å². The first-order valence-corrected chi connectivity index (χ1v) is 7.00. The summed E-state index contributed by atoms with van der Waals surface area (Å²) in [6.45, 7) is 8.12. The lowest BCUT2D eigenvalue weighted by atomic mass is 9.92. The highest BCUT2D eigenvalue weighted by Gasteiger charge is 2.37. The fourth-order valence-corrected chi connectivity index (χ4v) is 2.42. The summed E-state index contributed by atoms with van der Waals surface area (Å²) in [4.78, 5) is 16.1. The standard InChI is InChI=1S/C14H22N2O3/c1-5-18-12(10-6-7-10)13-15-14(19-16-13)11(8(2)3)9(4)17/h8,10-12H,5-7H2,1-4H3. The van der Waals surface area contributed by atoms with Crippen LogP contribution in [0.4, 0.5) is 0 Å². The smallest absolute Gasteiger partial charge is 0.237 e. The zero-order valence-electron chi connectivity index (χ0n) is 12.0. The number of hydrogen-bond acceptors (Lipinski definition) is 5. The van der Waals surface area contributed by atoms with Crippen molar-refractivity contribution in [3.05, 3.63) is 11.7 Å². The highest BCUT2D eigenvalue weighted by molar-refractivity contribution is 5.82. The number of Topliss-reactive ketones (excluding diaryl/α,β-unsaturated/α-hetero) is 1. The van der Waals surface area contributed by atoms with E-state index in [1.54, 1.807) is 6.92 Å². The third kappa shape index (κ3) is 3.21.